The van der Waals surface area contributed by atoms with Gasteiger partial charge in [0.1, 0.15) is 6.04 Å². The Bertz CT molecular complexity index is 407. The Labute approximate surface area is 112 Å². The number of hydrogen-bond donors (Lipinski definition) is 3. The molecule has 0 heterocycles. The van der Waals surface area contributed by atoms with E-state index in [1.165, 1.54) is 0 Å². The molecule has 0 aliphatic heterocycles. The van der Waals surface area contributed by atoms with E-state index < -0.39 is 12.0 Å². The summed E-state index contributed by atoms with van der Waals surface area (Å²) in [6.07, 6.45) is 0.399. The Balaban J connectivity index is 2.61. The third kappa shape index (κ3) is 5.14. The largest absolute Gasteiger partial charge is 0.480 e. The zero-order valence-corrected chi connectivity index (χ0v) is 11.3. The zero-order valence-electron chi connectivity index (χ0n) is 10.5. The molecule has 1 atom stereocenters. The lowest BCUT2D eigenvalue weighted by Gasteiger charge is -2.18. The second-order valence-corrected chi connectivity index (χ2v) is 4.76. The lowest BCUT2D eigenvalue weighted by molar-refractivity contribution is -0.139. The topological polar surface area (TPSA) is 61.4 Å². The summed E-state index contributed by atoms with van der Waals surface area (Å²) in [5.74, 6) is -0.910. The van der Waals surface area contributed by atoms with Crippen LogP contribution in [0.4, 0.5) is 0 Å². The van der Waals surface area contributed by atoms with Crippen LogP contribution in [0.25, 0.3) is 0 Å². The number of benzene rings is 1. The van der Waals surface area contributed by atoms with Gasteiger partial charge >= 0.3 is 5.97 Å². The Hall–Kier alpha value is -1.62. The van der Waals surface area contributed by atoms with Crippen molar-refractivity contribution in [1.29, 1.82) is 0 Å². The van der Waals surface area contributed by atoms with Crippen LogP contribution in [-0.4, -0.2) is 28.3 Å². The Kier molecular flexibility index (Phi) is 5.58. The first kappa shape index (κ1) is 14.4. The van der Waals surface area contributed by atoms with Gasteiger partial charge in [0.05, 0.1) is 0 Å². The quantitative estimate of drug-likeness (QED) is 0.706. The molecule has 0 spiro atoms. The minimum absolute atomic E-state index is 0.177. The monoisotopic (exact) mass is 266 g/mol. The molecule has 0 saturated heterocycles. The summed E-state index contributed by atoms with van der Waals surface area (Å²) in [7, 11) is 0. The van der Waals surface area contributed by atoms with E-state index in [0.717, 1.165) is 5.56 Å². The molecule has 1 aromatic carbocycles. The second kappa shape index (κ2) is 6.96. The van der Waals surface area contributed by atoms with Crippen molar-refractivity contribution >= 4 is 23.3 Å². The number of aliphatic carboxylic acids is 1. The van der Waals surface area contributed by atoms with E-state index >= 15 is 0 Å². The van der Waals surface area contributed by atoms with Crippen LogP contribution >= 0.6 is 12.2 Å². The maximum Gasteiger partial charge on any atom is 0.326 e. The van der Waals surface area contributed by atoms with E-state index in [0.29, 0.717) is 11.5 Å². The number of carbonyl (C=O) groups is 1. The molecule has 18 heavy (non-hydrogen) atoms. The van der Waals surface area contributed by atoms with Crippen molar-refractivity contribution in [3.8, 4) is 0 Å². The van der Waals surface area contributed by atoms with Crippen LogP contribution in [0.3, 0.4) is 0 Å². The SMILES string of the molecule is CC(C)NC(=S)NC(Cc1ccccc1)C(=O)O. The van der Waals surface area contributed by atoms with E-state index in [4.69, 9.17) is 17.3 Å². The molecule has 0 amide bonds. The van der Waals surface area contributed by atoms with Gasteiger partial charge in [0.2, 0.25) is 0 Å². The highest BCUT2D eigenvalue weighted by atomic mass is 32.1. The molecule has 0 bridgehead atoms. The van der Waals surface area contributed by atoms with Crippen LogP contribution < -0.4 is 10.6 Å². The highest BCUT2D eigenvalue weighted by Gasteiger charge is 2.18. The summed E-state index contributed by atoms with van der Waals surface area (Å²) in [4.78, 5) is 11.2. The lowest BCUT2D eigenvalue weighted by Crippen LogP contribution is -2.48. The summed E-state index contributed by atoms with van der Waals surface area (Å²) in [6.45, 7) is 3.89. The van der Waals surface area contributed by atoms with E-state index in [1.54, 1.807) is 0 Å². The van der Waals surface area contributed by atoms with Crippen LogP contribution in [-0.2, 0) is 11.2 Å². The molecular formula is C13H18N2O2S. The summed E-state index contributed by atoms with van der Waals surface area (Å²) in [5.41, 5.74) is 0.963. The fourth-order valence-corrected chi connectivity index (χ4v) is 1.89. The Morgan fingerprint density at radius 2 is 1.89 bits per heavy atom. The number of rotatable bonds is 5. The van der Waals surface area contributed by atoms with Gasteiger partial charge in [-0.3, -0.25) is 0 Å². The van der Waals surface area contributed by atoms with E-state index in [9.17, 15) is 4.79 Å². The van der Waals surface area contributed by atoms with Crippen LogP contribution in [0, 0.1) is 0 Å². The Morgan fingerprint density at radius 3 is 2.39 bits per heavy atom. The fraction of sp³-hybridized carbons (Fsp3) is 0.385. The molecule has 0 aromatic heterocycles. The molecule has 0 aliphatic carbocycles. The molecule has 0 saturated carbocycles. The molecule has 1 rings (SSSR count). The predicted octanol–water partition coefficient (Wildman–Crippen LogP) is 1.55. The first-order chi connectivity index (χ1) is 8.49. The van der Waals surface area contributed by atoms with Crippen LogP contribution in [0.2, 0.25) is 0 Å². The average Bonchev–Trinajstić information content (AvgIpc) is 2.28. The van der Waals surface area contributed by atoms with Crippen molar-refractivity contribution in [3.05, 3.63) is 35.9 Å². The summed E-state index contributed by atoms with van der Waals surface area (Å²) < 4.78 is 0. The first-order valence-corrected chi connectivity index (χ1v) is 6.23. The van der Waals surface area contributed by atoms with Gasteiger partial charge in [-0.1, -0.05) is 30.3 Å². The molecule has 1 unspecified atom stereocenters. The highest BCUT2D eigenvalue weighted by molar-refractivity contribution is 7.80. The highest BCUT2D eigenvalue weighted by Crippen LogP contribution is 2.03. The zero-order chi connectivity index (χ0) is 13.5. The summed E-state index contributed by atoms with van der Waals surface area (Å²) in [5, 5.41) is 15.3. The van der Waals surface area contributed by atoms with Crippen LogP contribution in [0.5, 0.6) is 0 Å². The Morgan fingerprint density at radius 1 is 1.28 bits per heavy atom. The molecule has 0 radical (unpaired) electrons. The van der Waals surface area contributed by atoms with Crippen LogP contribution in [0.1, 0.15) is 19.4 Å². The normalized spacial score (nSPS) is 11.9. The van der Waals surface area contributed by atoms with Gasteiger partial charge in [-0.05, 0) is 31.6 Å². The van der Waals surface area contributed by atoms with E-state index in [2.05, 4.69) is 10.6 Å². The smallest absolute Gasteiger partial charge is 0.326 e. The molecule has 1 aromatic rings. The maximum absolute atomic E-state index is 11.2. The number of nitrogens with one attached hydrogen (secondary N) is 2. The van der Waals surface area contributed by atoms with Gasteiger partial charge in [0.15, 0.2) is 5.11 Å². The van der Waals surface area contributed by atoms with Crippen molar-refractivity contribution in [1.82, 2.24) is 10.6 Å². The van der Waals surface area contributed by atoms with Crippen molar-refractivity contribution in [2.75, 3.05) is 0 Å². The van der Waals surface area contributed by atoms with Gasteiger partial charge in [-0.15, -0.1) is 0 Å². The second-order valence-electron chi connectivity index (χ2n) is 4.35. The molecule has 5 heteroatoms. The summed E-state index contributed by atoms with van der Waals surface area (Å²) in [6, 6.07) is 8.94. The third-order valence-corrected chi connectivity index (χ3v) is 2.54. The first-order valence-electron chi connectivity index (χ1n) is 5.83. The minimum Gasteiger partial charge on any atom is -0.480 e. The minimum atomic E-state index is -0.910. The fourth-order valence-electron chi connectivity index (χ4n) is 1.51. The van der Waals surface area contributed by atoms with Gasteiger partial charge < -0.3 is 15.7 Å². The molecule has 0 aliphatic rings. The predicted molar refractivity (Wildman–Crippen MR) is 75.6 cm³/mol. The summed E-state index contributed by atoms with van der Waals surface area (Å²) >= 11 is 5.06. The van der Waals surface area contributed by atoms with Gasteiger partial charge in [-0.25, -0.2) is 4.79 Å². The average molecular weight is 266 g/mol. The molecular weight excluding hydrogens is 248 g/mol. The standard InChI is InChI=1S/C13H18N2O2S/c1-9(2)14-13(18)15-11(12(16)17)8-10-6-4-3-5-7-10/h3-7,9,11H,8H2,1-2H3,(H,16,17)(H2,14,15,18). The number of thiocarbonyl (C=S) groups is 1. The van der Waals surface area contributed by atoms with Crippen molar-refractivity contribution in [2.45, 2.75) is 32.4 Å². The lowest BCUT2D eigenvalue weighted by atomic mass is 10.1. The van der Waals surface area contributed by atoms with E-state index in [1.807, 2.05) is 44.2 Å². The molecule has 98 valence electrons. The third-order valence-electron chi connectivity index (χ3n) is 2.31. The molecule has 0 fully saturated rings. The van der Waals surface area contributed by atoms with Gasteiger partial charge in [-0.2, -0.15) is 0 Å². The number of hydrogen-bond acceptors (Lipinski definition) is 2. The van der Waals surface area contributed by atoms with Crippen molar-refractivity contribution in [2.24, 2.45) is 0 Å². The molecule has 3 N–H and O–H groups in total. The van der Waals surface area contributed by atoms with Crippen molar-refractivity contribution in [3.63, 3.8) is 0 Å². The number of carboxylic acids is 1. The van der Waals surface area contributed by atoms with Gasteiger partial charge in [0.25, 0.3) is 0 Å². The van der Waals surface area contributed by atoms with Crippen molar-refractivity contribution < 1.29 is 9.90 Å². The maximum atomic E-state index is 11.2. The number of carboxylic acid groups (broad SMARTS) is 1. The molecule has 4 nitrogen and oxygen atoms in total. The van der Waals surface area contributed by atoms with Gasteiger partial charge in [0, 0.05) is 12.5 Å². The van der Waals surface area contributed by atoms with Crippen LogP contribution in [0.15, 0.2) is 30.3 Å². The van der Waals surface area contributed by atoms with E-state index in [-0.39, 0.29) is 6.04 Å².